The second-order valence-corrected chi connectivity index (χ2v) is 9.02. The monoisotopic (exact) mass is 392 g/mol. The van der Waals surface area contributed by atoms with Gasteiger partial charge in [-0.25, -0.2) is 4.98 Å². The molecule has 1 spiro atoms. The van der Waals surface area contributed by atoms with Gasteiger partial charge < -0.3 is 19.9 Å². The van der Waals surface area contributed by atoms with Crippen LogP contribution in [-0.2, 0) is 20.9 Å². The number of carbonyl (C=O) groups excluding carboxylic acids is 2. The molecule has 0 bridgehead atoms. The summed E-state index contributed by atoms with van der Waals surface area (Å²) in [7, 11) is 0. The van der Waals surface area contributed by atoms with E-state index in [4.69, 9.17) is 4.74 Å². The Hall–Kier alpha value is -1.51. The van der Waals surface area contributed by atoms with Gasteiger partial charge in [-0.2, -0.15) is 0 Å². The summed E-state index contributed by atoms with van der Waals surface area (Å²) in [5.74, 6) is 0.765. The molecule has 3 aliphatic rings. The maximum Gasteiger partial charge on any atom is 0.225 e. The molecule has 1 N–H and O–H groups in total. The summed E-state index contributed by atoms with van der Waals surface area (Å²) in [5, 5.41) is 5.93. The van der Waals surface area contributed by atoms with Crippen molar-refractivity contribution < 1.29 is 14.3 Å². The first-order valence-corrected chi connectivity index (χ1v) is 10.7. The van der Waals surface area contributed by atoms with E-state index in [2.05, 4.69) is 15.2 Å². The van der Waals surface area contributed by atoms with Crippen LogP contribution in [0.15, 0.2) is 5.38 Å². The van der Waals surface area contributed by atoms with E-state index in [1.54, 1.807) is 11.3 Å². The van der Waals surface area contributed by atoms with E-state index in [0.717, 1.165) is 49.7 Å². The van der Waals surface area contributed by atoms with Crippen LogP contribution in [0.3, 0.4) is 0 Å². The van der Waals surface area contributed by atoms with Gasteiger partial charge in [0.15, 0.2) is 0 Å². The Kier molecular flexibility index (Phi) is 5.48. The highest BCUT2D eigenvalue weighted by Gasteiger charge is 2.41. The van der Waals surface area contributed by atoms with Crippen molar-refractivity contribution >= 4 is 23.2 Å². The number of hydrogen-bond acceptors (Lipinski definition) is 6. The first-order valence-electron chi connectivity index (χ1n) is 9.83. The van der Waals surface area contributed by atoms with E-state index >= 15 is 0 Å². The van der Waals surface area contributed by atoms with Crippen LogP contribution >= 0.6 is 11.3 Å². The van der Waals surface area contributed by atoms with Gasteiger partial charge in [0.25, 0.3) is 0 Å². The SMILES string of the molecule is Cc1csc(CN2CCOC3(CCN(CC4CNC(=O)C4)CC3)CC2=O)n1. The van der Waals surface area contributed by atoms with E-state index in [1.807, 2.05) is 17.2 Å². The third kappa shape index (κ3) is 4.50. The first-order chi connectivity index (χ1) is 13.0. The zero-order valence-corrected chi connectivity index (χ0v) is 16.7. The Morgan fingerprint density at radius 1 is 1.33 bits per heavy atom. The molecule has 0 radical (unpaired) electrons. The Bertz CT molecular complexity index is 699. The topological polar surface area (TPSA) is 74.8 Å². The predicted octanol–water partition coefficient (Wildman–Crippen LogP) is 1.17. The van der Waals surface area contributed by atoms with Crippen LogP contribution in [0.25, 0.3) is 0 Å². The molecule has 27 heavy (non-hydrogen) atoms. The van der Waals surface area contributed by atoms with Crippen LogP contribution in [0.4, 0.5) is 0 Å². The molecule has 0 saturated carbocycles. The maximum absolute atomic E-state index is 12.9. The van der Waals surface area contributed by atoms with Gasteiger partial charge >= 0.3 is 0 Å². The van der Waals surface area contributed by atoms with E-state index in [-0.39, 0.29) is 17.4 Å². The van der Waals surface area contributed by atoms with Crippen molar-refractivity contribution in [3.8, 4) is 0 Å². The second-order valence-electron chi connectivity index (χ2n) is 8.08. The summed E-state index contributed by atoms with van der Waals surface area (Å²) in [4.78, 5) is 33.0. The molecule has 7 nitrogen and oxygen atoms in total. The molecular formula is C19H28N4O3S. The summed E-state index contributed by atoms with van der Waals surface area (Å²) in [5.41, 5.74) is 0.696. The zero-order chi connectivity index (χ0) is 18.9. The lowest BCUT2D eigenvalue weighted by Crippen LogP contribution is -2.48. The van der Waals surface area contributed by atoms with Crippen molar-refractivity contribution in [2.75, 3.05) is 39.3 Å². The number of aromatic nitrogens is 1. The average molecular weight is 393 g/mol. The number of carbonyl (C=O) groups is 2. The number of aryl methyl sites for hydroxylation is 1. The molecule has 2 amide bonds. The van der Waals surface area contributed by atoms with Crippen LogP contribution in [0, 0.1) is 12.8 Å². The number of rotatable bonds is 4. The standard InChI is InChI=1S/C19H28N4O3S/c1-14-13-27-17(21-14)12-23-6-7-26-19(9-18(23)25)2-4-22(5-3-19)11-15-8-16(24)20-10-15/h13,15H,2-12H2,1H3,(H,20,24). The molecule has 8 heteroatoms. The van der Waals surface area contributed by atoms with Crippen molar-refractivity contribution in [1.29, 1.82) is 0 Å². The van der Waals surface area contributed by atoms with Crippen LogP contribution in [0.1, 0.15) is 36.4 Å². The quantitative estimate of drug-likeness (QED) is 0.833. The molecule has 1 unspecified atom stereocenters. The van der Waals surface area contributed by atoms with Gasteiger partial charge in [0.2, 0.25) is 11.8 Å². The largest absolute Gasteiger partial charge is 0.373 e. The summed E-state index contributed by atoms with van der Waals surface area (Å²) in [6.45, 7) is 7.42. The third-order valence-electron chi connectivity index (χ3n) is 5.93. The van der Waals surface area contributed by atoms with Gasteiger partial charge in [0.1, 0.15) is 5.01 Å². The molecule has 1 atom stereocenters. The molecule has 3 saturated heterocycles. The number of piperidine rings is 1. The Morgan fingerprint density at radius 2 is 2.15 bits per heavy atom. The van der Waals surface area contributed by atoms with Gasteiger partial charge in [0.05, 0.1) is 25.2 Å². The molecule has 3 fully saturated rings. The fraction of sp³-hybridized carbons (Fsp3) is 0.737. The average Bonchev–Trinajstić information content (AvgIpc) is 3.20. The predicted molar refractivity (Wildman–Crippen MR) is 102 cm³/mol. The smallest absolute Gasteiger partial charge is 0.225 e. The van der Waals surface area contributed by atoms with Gasteiger partial charge in [-0.3, -0.25) is 9.59 Å². The lowest BCUT2D eigenvalue weighted by molar-refractivity contribution is -0.136. The van der Waals surface area contributed by atoms with Crippen molar-refractivity contribution in [3.05, 3.63) is 16.1 Å². The molecule has 0 aromatic carbocycles. The normalized spacial score (nSPS) is 26.4. The van der Waals surface area contributed by atoms with E-state index < -0.39 is 0 Å². The summed E-state index contributed by atoms with van der Waals surface area (Å²) >= 11 is 1.61. The molecule has 0 aliphatic carbocycles. The third-order valence-corrected chi connectivity index (χ3v) is 6.89. The minimum absolute atomic E-state index is 0.168. The molecular weight excluding hydrogens is 364 g/mol. The fourth-order valence-corrected chi connectivity index (χ4v) is 5.15. The van der Waals surface area contributed by atoms with Crippen LogP contribution in [0.5, 0.6) is 0 Å². The van der Waals surface area contributed by atoms with Crippen LogP contribution in [-0.4, -0.2) is 71.5 Å². The summed E-state index contributed by atoms with van der Waals surface area (Å²) < 4.78 is 6.24. The van der Waals surface area contributed by atoms with Gasteiger partial charge in [-0.05, 0) is 25.7 Å². The molecule has 1 aromatic heterocycles. The Labute approximate surface area is 164 Å². The number of hydrogen-bond donors (Lipinski definition) is 1. The second kappa shape index (κ2) is 7.85. The number of nitrogens with one attached hydrogen (secondary N) is 1. The van der Waals surface area contributed by atoms with Crippen LogP contribution < -0.4 is 5.32 Å². The highest BCUT2D eigenvalue weighted by molar-refractivity contribution is 7.09. The minimum Gasteiger partial charge on any atom is -0.373 e. The molecule has 4 heterocycles. The van der Waals surface area contributed by atoms with Crippen molar-refractivity contribution in [2.45, 2.75) is 44.8 Å². The van der Waals surface area contributed by atoms with E-state index in [1.165, 1.54) is 0 Å². The van der Waals surface area contributed by atoms with Gasteiger partial charge in [-0.1, -0.05) is 0 Å². The summed E-state index contributed by atoms with van der Waals surface area (Å²) in [6, 6.07) is 0. The number of ether oxygens (including phenoxy) is 1. The van der Waals surface area contributed by atoms with Gasteiger partial charge in [-0.15, -0.1) is 11.3 Å². The van der Waals surface area contributed by atoms with E-state index in [0.29, 0.717) is 38.5 Å². The Balaban J connectivity index is 1.31. The van der Waals surface area contributed by atoms with Crippen molar-refractivity contribution in [2.24, 2.45) is 5.92 Å². The molecule has 148 valence electrons. The number of nitrogens with zero attached hydrogens (tertiary/aromatic N) is 3. The fourth-order valence-electron chi connectivity index (χ4n) is 4.36. The minimum atomic E-state index is -0.315. The Morgan fingerprint density at radius 3 is 2.81 bits per heavy atom. The number of thiazole rings is 1. The number of likely N-dealkylation sites (tertiary alicyclic amines) is 1. The first kappa shape index (κ1) is 18.8. The molecule has 3 aliphatic heterocycles. The number of amides is 2. The van der Waals surface area contributed by atoms with Gasteiger partial charge in [0, 0.05) is 50.2 Å². The zero-order valence-electron chi connectivity index (χ0n) is 15.9. The maximum atomic E-state index is 12.9. The molecule has 4 rings (SSSR count). The lowest BCUT2D eigenvalue weighted by atomic mass is 9.87. The van der Waals surface area contributed by atoms with Crippen LogP contribution in [0.2, 0.25) is 0 Å². The summed E-state index contributed by atoms with van der Waals surface area (Å²) in [6.07, 6.45) is 2.88. The highest BCUT2D eigenvalue weighted by Crippen LogP contribution is 2.33. The lowest BCUT2D eigenvalue weighted by Gasteiger charge is -2.41. The highest BCUT2D eigenvalue weighted by atomic mass is 32.1. The van der Waals surface area contributed by atoms with Crippen molar-refractivity contribution in [3.63, 3.8) is 0 Å². The van der Waals surface area contributed by atoms with Crippen molar-refractivity contribution in [1.82, 2.24) is 20.1 Å². The van der Waals surface area contributed by atoms with E-state index in [9.17, 15) is 9.59 Å². The molecule has 1 aromatic rings.